The molecule has 0 spiro atoms. The Balaban J connectivity index is 0. The Labute approximate surface area is 125 Å². The van der Waals surface area contributed by atoms with Crippen LogP contribution in [0.15, 0.2) is 0 Å². The molecule has 0 rings (SSSR count). The van der Waals surface area contributed by atoms with E-state index in [1.165, 1.54) is 51.4 Å². The van der Waals surface area contributed by atoms with E-state index in [0.717, 1.165) is 13.2 Å². The van der Waals surface area contributed by atoms with Gasteiger partial charge in [0.05, 0.1) is 26.4 Å². The van der Waals surface area contributed by atoms with Gasteiger partial charge < -0.3 is 19.7 Å². The van der Waals surface area contributed by atoms with Crippen LogP contribution in [0.2, 0.25) is 0 Å². The molecule has 0 aromatic carbocycles. The lowest BCUT2D eigenvalue weighted by molar-refractivity contribution is 0.0650. The van der Waals surface area contributed by atoms with Crippen LogP contribution >= 0.6 is 0 Å². The first kappa shape index (κ1) is 22.1. The van der Waals surface area contributed by atoms with Crippen molar-refractivity contribution < 1.29 is 19.7 Å². The molecule has 4 heteroatoms. The summed E-state index contributed by atoms with van der Waals surface area (Å²) in [4.78, 5) is 0. The molecule has 0 aromatic rings. The van der Waals surface area contributed by atoms with E-state index in [9.17, 15) is 0 Å². The Morgan fingerprint density at radius 1 is 0.550 bits per heavy atom. The van der Waals surface area contributed by atoms with E-state index in [1.807, 2.05) is 0 Å². The molecule has 0 saturated heterocycles. The normalized spacial score (nSPS) is 10.2. The van der Waals surface area contributed by atoms with Crippen molar-refractivity contribution in [1.29, 1.82) is 0 Å². The summed E-state index contributed by atoms with van der Waals surface area (Å²) in [5, 5.41) is 16.2. The Hall–Kier alpha value is -0.160. The minimum absolute atomic E-state index is 0.0278. The third kappa shape index (κ3) is 26.4. The van der Waals surface area contributed by atoms with Crippen LogP contribution in [0.4, 0.5) is 0 Å². The van der Waals surface area contributed by atoms with Gasteiger partial charge in [-0.15, -0.1) is 0 Å². The number of aliphatic hydroxyl groups is 2. The first-order chi connectivity index (χ1) is 9.83. The smallest absolute Gasteiger partial charge is 0.0698 e. The van der Waals surface area contributed by atoms with Crippen LogP contribution in [0.1, 0.15) is 65.2 Å². The molecule has 0 unspecified atom stereocenters. The Morgan fingerprint density at radius 3 is 1.30 bits per heavy atom. The van der Waals surface area contributed by atoms with Crippen molar-refractivity contribution in [2.75, 3.05) is 39.6 Å². The fourth-order valence-electron chi connectivity index (χ4n) is 1.60. The van der Waals surface area contributed by atoms with Gasteiger partial charge in [0, 0.05) is 13.2 Å². The van der Waals surface area contributed by atoms with Crippen molar-refractivity contribution in [3.63, 3.8) is 0 Å². The van der Waals surface area contributed by atoms with Crippen molar-refractivity contribution in [2.24, 2.45) is 0 Å². The summed E-state index contributed by atoms with van der Waals surface area (Å²) in [6.45, 7) is 7.14. The molecule has 0 amide bonds. The van der Waals surface area contributed by atoms with Gasteiger partial charge in [-0.25, -0.2) is 0 Å². The second kappa shape index (κ2) is 23.9. The van der Waals surface area contributed by atoms with Gasteiger partial charge in [0.1, 0.15) is 0 Å². The lowest BCUT2D eigenvalue weighted by atomic mass is 10.2. The summed E-state index contributed by atoms with van der Waals surface area (Å²) in [7, 11) is 0. The second-order valence-electron chi connectivity index (χ2n) is 4.79. The van der Waals surface area contributed by atoms with E-state index in [4.69, 9.17) is 14.9 Å². The number of unbranched alkanes of at least 4 members (excludes halogenated alkanes) is 6. The van der Waals surface area contributed by atoms with Gasteiger partial charge in [-0.2, -0.15) is 0 Å². The predicted octanol–water partition coefficient (Wildman–Crippen LogP) is 3.15. The van der Waals surface area contributed by atoms with Crippen LogP contribution in [-0.4, -0.2) is 49.9 Å². The molecule has 0 saturated carbocycles. The van der Waals surface area contributed by atoms with Crippen molar-refractivity contribution in [3.8, 4) is 0 Å². The van der Waals surface area contributed by atoms with Gasteiger partial charge in [0.2, 0.25) is 0 Å². The maximum absolute atomic E-state index is 8.09. The summed E-state index contributed by atoms with van der Waals surface area (Å²) in [5.74, 6) is 0. The molecule has 0 radical (unpaired) electrons. The van der Waals surface area contributed by atoms with E-state index < -0.39 is 0 Å². The molecule has 4 nitrogen and oxygen atoms in total. The fourth-order valence-corrected chi connectivity index (χ4v) is 1.60. The van der Waals surface area contributed by atoms with Gasteiger partial charge in [0.15, 0.2) is 0 Å². The Bertz CT molecular complexity index is 128. The van der Waals surface area contributed by atoms with Gasteiger partial charge in [-0.05, 0) is 12.8 Å². The fraction of sp³-hybridized carbons (Fsp3) is 1.00. The zero-order valence-corrected chi connectivity index (χ0v) is 13.6. The summed E-state index contributed by atoms with van der Waals surface area (Å²) >= 11 is 0. The lowest BCUT2D eigenvalue weighted by Crippen LogP contribution is -2.03. The zero-order valence-electron chi connectivity index (χ0n) is 13.6. The molecule has 0 aliphatic carbocycles. The van der Waals surface area contributed by atoms with E-state index >= 15 is 0 Å². The van der Waals surface area contributed by atoms with Crippen LogP contribution < -0.4 is 0 Å². The average Bonchev–Trinajstić information content (AvgIpc) is 2.47. The van der Waals surface area contributed by atoms with Crippen molar-refractivity contribution in [2.45, 2.75) is 65.2 Å². The highest BCUT2D eigenvalue weighted by Gasteiger charge is 1.90. The van der Waals surface area contributed by atoms with Crippen molar-refractivity contribution >= 4 is 0 Å². The summed E-state index contributed by atoms with van der Waals surface area (Å²) in [6, 6.07) is 0. The van der Waals surface area contributed by atoms with Gasteiger partial charge in [-0.1, -0.05) is 52.4 Å². The van der Waals surface area contributed by atoms with Gasteiger partial charge in [-0.3, -0.25) is 0 Å². The highest BCUT2D eigenvalue weighted by molar-refractivity contribution is 4.41. The van der Waals surface area contributed by atoms with Crippen LogP contribution in [0.5, 0.6) is 0 Å². The zero-order chi connectivity index (χ0) is 15.3. The Morgan fingerprint density at radius 2 is 0.950 bits per heavy atom. The highest BCUT2D eigenvalue weighted by Crippen LogP contribution is 2.01. The summed E-state index contributed by atoms with van der Waals surface area (Å²) < 4.78 is 10.2. The largest absolute Gasteiger partial charge is 0.394 e. The molecule has 0 aromatic heterocycles. The van der Waals surface area contributed by atoms with E-state index in [2.05, 4.69) is 18.6 Å². The molecule has 2 N–H and O–H groups in total. The topological polar surface area (TPSA) is 58.9 Å². The van der Waals surface area contributed by atoms with E-state index in [0.29, 0.717) is 13.2 Å². The SMILES string of the molecule is CCCCCCOCCCCCC.OCCOCCO. The lowest BCUT2D eigenvalue weighted by Gasteiger charge is -2.03. The maximum atomic E-state index is 8.09. The quantitative estimate of drug-likeness (QED) is 0.483. The van der Waals surface area contributed by atoms with Gasteiger partial charge >= 0.3 is 0 Å². The highest BCUT2D eigenvalue weighted by atomic mass is 16.5. The first-order valence-corrected chi connectivity index (χ1v) is 8.20. The van der Waals surface area contributed by atoms with Crippen LogP contribution in [-0.2, 0) is 9.47 Å². The first-order valence-electron chi connectivity index (χ1n) is 8.20. The number of aliphatic hydroxyl groups excluding tert-OH is 2. The molecule has 0 fully saturated rings. The molecule has 20 heavy (non-hydrogen) atoms. The number of hydrogen-bond acceptors (Lipinski definition) is 4. The van der Waals surface area contributed by atoms with E-state index in [-0.39, 0.29) is 13.2 Å². The molecule has 0 bridgehead atoms. The van der Waals surface area contributed by atoms with Crippen LogP contribution in [0.25, 0.3) is 0 Å². The van der Waals surface area contributed by atoms with Gasteiger partial charge in [0.25, 0.3) is 0 Å². The molecular weight excluding hydrogens is 256 g/mol. The summed E-state index contributed by atoms with van der Waals surface area (Å²) in [5.41, 5.74) is 0. The average molecular weight is 292 g/mol. The number of rotatable bonds is 14. The van der Waals surface area contributed by atoms with Crippen molar-refractivity contribution in [3.05, 3.63) is 0 Å². The standard InChI is InChI=1S/C12H26O.C4H10O3/c1-3-5-7-9-11-13-12-10-8-6-4-2;5-1-3-7-4-2-6/h3-12H2,1-2H3;5-6H,1-4H2. The molecule has 124 valence electrons. The van der Waals surface area contributed by atoms with Crippen LogP contribution in [0.3, 0.4) is 0 Å². The Kier molecular flexibility index (Phi) is 26.4. The molecular formula is C16H36O4. The third-order valence-electron chi connectivity index (χ3n) is 2.76. The second-order valence-corrected chi connectivity index (χ2v) is 4.79. The third-order valence-corrected chi connectivity index (χ3v) is 2.76. The molecule has 0 heterocycles. The summed E-state index contributed by atoms with van der Waals surface area (Å²) in [6.07, 6.45) is 10.5. The van der Waals surface area contributed by atoms with Crippen LogP contribution in [0, 0.1) is 0 Å². The minimum atomic E-state index is 0.0278. The van der Waals surface area contributed by atoms with E-state index in [1.54, 1.807) is 0 Å². The predicted molar refractivity (Wildman–Crippen MR) is 84.1 cm³/mol. The minimum Gasteiger partial charge on any atom is -0.394 e. The van der Waals surface area contributed by atoms with Crippen molar-refractivity contribution in [1.82, 2.24) is 0 Å². The molecule has 0 aliphatic heterocycles. The monoisotopic (exact) mass is 292 g/mol. The number of ether oxygens (including phenoxy) is 2. The maximum Gasteiger partial charge on any atom is 0.0698 e. The number of hydrogen-bond donors (Lipinski definition) is 2. The molecule has 0 atom stereocenters. The molecule has 0 aliphatic rings.